The van der Waals surface area contributed by atoms with Gasteiger partial charge in [-0.15, -0.1) is 24.8 Å². The van der Waals surface area contributed by atoms with Crippen molar-refractivity contribution in [3.05, 3.63) is 29.3 Å². The summed E-state index contributed by atoms with van der Waals surface area (Å²) in [4.78, 5) is 19.2. The molecule has 4 nitrogen and oxygen atoms in total. The highest BCUT2D eigenvalue weighted by molar-refractivity contribution is 5.85. The van der Waals surface area contributed by atoms with Crippen molar-refractivity contribution in [3.63, 3.8) is 0 Å². The van der Waals surface area contributed by atoms with Gasteiger partial charge in [-0.25, -0.2) is 0 Å². The van der Waals surface area contributed by atoms with Crippen molar-refractivity contribution >= 4 is 36.3 Å². The lowest BCUT2D eigenvalue weighted by Gasteiger charge is -2.38. The molecule has 1 aromatic rings. The van der Waals surface area contributed by atoms with Crippen molar-refractivity contribution < 1.29 is 4.79 Å². The third kappa shape index (κ3) is 7.43. The van der Waals surface area contributed by atoms with Crippen molar-refractivity contribution in [2.24, 2.45) is 5.92 Å². The molecule has 166 valence electrons. The predicted molar refractivity (Wildman–Crippen MR) is 128 cm³/mol. The fourth-order valence-corrected chi connectivity index (χ4v) is 4.45. The summed E-state index contributed by atoms with van der Waals surface area (Å²) in [6, 6.07) is 6.66. The number of hydrogen-bond acceptors (Lipinski definition) is 4. The fraction of sp³-hybridized carbons (Fsp3) is 0.696. The van der Waals surface area contributed by atoms with Gasteiger partial charge in [-0.3, -0.25) is 14.6 Å². The normalized spacial score (nSPS) is 18.8. The van der Waals surface area contributed by atoms with Gasteiger partial charge in [-0.2, -0.15) is 0 Å². The van der Waals surface area contributed by atoms with Crippen LogP contribution in [0.5, 0.6) is 0 Å². The lowest BCUT2D eigenvalue weighted by atomic mass is 9.93. The highest BCUT2D eigenvalue weighted by Crippen LogP contribution is 2.25. The van der Waals surface area contributed by atoms with Crippen LogP contribution in [-0.2, 0) is 4.79 Å². The van der Waals surface area contributed by atoms with Gasteiger partial charge in [0.1, 0.15) is 5.78 Å². The summed E-state index contributed by atoms with van der Waals surface area (Å²) >= 11 is 0. The van der Waals surface area contributed by atoms with Gasteiger partial charge in [0.15, 0.2) is 0 Å². The Kier molecular flexibility index (Phi) is 11.6. The zero-order valence-corrected chi connectivity index (χ0v) is 20.0. The molecule has 2 saturated heterocycles. The Bertz CT molecular complexity index is 625. The van der Waals surface area contributed by atoms with Crippen LogP contribution in [0.25, 0.3) is 0 Å². The van der Waals surface area contributed by atoms with E-state index in [2.05, 4.69) is 46.7 Å². The molecule has 6 heteroatoms. The van der Waals surface area contributed by atoms with E-state index in [1.54, 1.807) is 0 Å². The number of ketones is 1. The minimum absolute atomic E-state index is 0. The smallest absolute Gasteiger partial charge is 0.146 e. The highest BCUT2D eigenvalue weighted by Gasteiger charge is 2.23. The Morgan fingerprint density at radius 3 is 2.24 bits per heavy atom. The van der Waals surface area contributed by atoms with E-state index in [0.29, 0.717) is 18.7 Å². The lowest BCUT2D eigenvalue weighted by Crippen LogP contribution is -2.47. The van der Waals surface area contributed by atoms with Crippen LogP contribution >= 0.6 is 24.8 Å². The third-order valence-electron chi connectivity index (χ3n) is 6.64. The summed E-state index contributed by atoms with van der Waals surface area (Å²) in [5.74, 6) is 1.23. The molecule has 2 aliphatic heterocycles. The summed E-state index contributed by atoms with van der Waals surface area (Å²) in [7, 11) is 0. The maximum atomic E-state index is 11.6. The maximum absolute atomic E-state index is 11.6. The van der Waals surface area contributed by atoms with Crippen LogP contribution in [0, 0.1) is 19.8 Å². The van der Waals surface area contributed by atoms with Gasteiger partial charge in [-0.05, 0) is 75.9 Å². The Hall–Kier alpha value is -0.810. The molecule has 0 atom stereocenters. The van der Waals surface area contributed by atoms with E-state index >= 15 is 0 Å². The van der Waals surface area contributed by atoms with Crippen molar-refractivity contribution in [2.75, 3.05) is 57.3 Å². The first kappa shape index (κ1) is 26.2. The first-order chi connectivity index (χ1) is 13.1. The van der Waals surface area contributed by atoms with E-state index in [0.717, 1.165) is 32.1 Å². The number of carbonyl (C=O) groups is 1. The first-order valence-electron chi connectivity index (χ1n) is 10.8. The van der Waals surface area contributed by atoms with Gasteiger partial charge >= 0.3 is 0 Å². The Morgan fingerprint density at radius 2 is 1.62 bits per heavy atom. The quantitative estimate of drug-likeness (QED) is 0.625. The molecule has 0 unspecified atom stereocenters. The Balaban J connectivity index is 0.00000210. The monoisotopic (exact) mass is 443 g/mol. The van der Waals surface area contributed by atoms with Crippen LogP contribution in [0.4, 0.5) is 5.69 Å². The van der Waals surface area contributed by atoms with Crippen LogP contribution < -0.4 is 4.90 Å². The molecule has 3 rings (SSSR count). The average Bonchev–Trinajstić information content (AvgIpc) is 2.70. The molecule has 0 radical (unpaired) electrons. The third-order valence-corrected chi connectivity index (χ3v) is 6.64. The number of likely N-dealkylation sites (tertiary alicyclic amines) is 1. The second-order valence-electron chi connectivity index (χ2n) is 8.45. The SMILES string of the molecule is CCC(=O)CN1CCC(CCN2CCN(c3cccc(C)c3C)CC2)CC1.Cl.Cl. The van der Waals surface area contributed by atoms with Gasteiger partial charge in [0, 0.05) is 38.3 Å². The number of aryl methyl sites for hydroxylation is 1. The molecule has 2 heterocycles. The number of nitrogens with zero attached hydrogens (tertiary/aromatic N) is 3. The van der Waals surface area contributed by atoms with Crippen LogP contribution in [-0.4, -0.2) is 67.9 Å². The standard InChI is InChI=1S/C23H37N3O.2ClH/c1-4-22(27)18-25-12-9-21(10-13-25)8-11-24-14-16-26(17-15-24)23-7-5-6-19(2)20(23)3;;/h5-7,21H,4,8-18H2,1-3H3;2*1H. The number of piperazine rings is 1. The molecule has 0 amide bonds. The maximum Gasteiger partial charge on any atom is 0.146 e. The molecule has 2 aliphatic rings. The number of benzene rings is 1. The molecule has 0 spiro atoms. The minimum Gasteiger partial charge on any atom is -0.369 e. The molecular formula is C23H39Cl2N3O. The number of Topliss-reactive ketones (excluding diaryl/α,β-unsaturated/α-hetero) is 1. The van der Waals surface area contributed by atoms with E-state index < -0.39 is 0 Å². The van der Waals surface area contributed by atoms with Crippen molar-refractivity contribution in [2.45, 2.75) is 46.5 Å². The topological polar surface area (TPSA) is 26.8 Å². The second-order valence-corrected chi connectivity index (χ2v) is 8.45. The predicted octanol–water partition coefficient (Wildman–Crippen LogP) is 4.35. The average molecular weight is 444 g/mol. The lowest BCUT2D eigenvalue weighted by molar-refractivity contribution is -0.120. The number of halogens is 2. The summed E-state index contributed by atoms with van der Waals surface area (Å²) in [6.45, 7) is 15.2. The molecule has 0 aromatic heterocycles. The van der Waals surface area contributed by atoms with E-state index in [1.807, 2.05) is 6.92 Å². The molecular weight excluding hydrogens is 405 g/mol. The van der Waals surface area contributed by atoms with Gasteiger partial charge in [0.2, 0.25) is 0 Å². The van der Waals surface area contributed by atoms with E-state index in [-0.39, 0.29) is 24.8 Å². The van der Waals surface area contributed by atoms with Crippen molar-refractivity contribution in [1.82, 2.24) is 9.80 Å². The molecule has 0 aliphatic carbocycles. The number of piperidine rings is 1. The summed E-state index contributed by atoms with van der Waals surface area (Å²) in [5.41, 5.74) is 4.24. The largest absolute Gasteiger partial charge is 0.369 e. The first-order valence-corrected chi connectivity index (χ1v) is 10.8. The number of carbonyl (C=O) groups excluding carboxylic acids is 1. The number of rotatable bonds is 7. The van der Waals surface area contributed by atoms with Crippen LogP contribution in [0.2, 0.25) is 0 Å². The van der Waals surface area contributed by atoms with E-state index in [9.17, 15) is 4.79 Å². The molecule has 1 aromatic carbocycles. The van der Waals surface area contributed by atoms with Crippen molar-refractivity contribution in [3.8, 4) is 0 Å². The summed E-state index contributed by atoms with van der Waals surface area (Å²) < 4.78 is 0. The van der Waals surface area contributed by atoms with Crippen LogP contribution in [0.1, 0.15) is 43.7 Å². The molecule has 0 N–H and O–H groups in total. The van der Waals surface area contributed by atoms with Gasteiger partial charge in [-0.1, -0.05) is 19.1 Å². The zero-order chi connectivity index (χ0) is 19.2. The highest BCUT2D eigenvalue weighted by atomic mass is 35.5. The Labute approximate surface area is 189 Å². The zero-order valence-electron chi connectivity index (χ0n) is 18.4. The second kappa shape index (κ2) is 12.8. The Morgan fingerprint density at radius 1 is 0.966 bits per heavy atom. The van der Waals surface area contributed by atoms with E-state index in [4.69, 9.17) is 0 Å². The van der Waals surface area contributed by atoms with E-state index in [1.165, 1.54) is 55.7 Å². The summed E-state index contributed by atoms with van der Waals surface area (Å²) in [6.07, 6.45) is 4.52. The van der Waals surface area contributed by atoms with Crippen molar-refractivity contribution in [1.29, 1.82) is 0 Å². The minimum atomic E-state index is 0. The number of hydrogen-bond donors (Lipinski definition) is 0. The molecule has 0 saturated carbocycles. The van der Waals surface area contributed by atoms with Gasteiger partial charge in [0.05, 0.1) is 6.54 Å². The van der Waals surface area contributed by atoms with Gasteiger partial charge < -0.3 is 4.90 Å². The van der Waals surface area contributed by atoms with Crippen LogP contribution in [0.15, 0.2) is 18.2 Å². The fourth-order valence-electron chi connectivity index (χ4n) is 4.45. The molecule has 2 fully saturated rings. The molecule has 29 heavy (non-hydrogen) atoms. The summed E-state index contributed by atoms with van der Waals surface area (Å²) in [5, 5.41) is 0. The molecule has 0 bridgehead atoms. The number of anilines is 1. The van der Waals surface area contributed by atoms with Crippen LogP contribution in [0.3, 0.4) is 0 Å². The van der Waals surface area contributed by atoms with Gasteiger partial charge in [0.25, 0.3) is 0 Å².